The standard InChI is InChI=1S/C17H23N3S/c18-15-7-5-6-14(12-15)16-13-21-17(19-16)8-11-20-9-3-1-2-4-10-20/h5-7,12-13H,1-4,8-11,18H2. The van der Waals surface area contributed by atoms with Crippen molar-refractivity contribution in [3.8, 4) is 11.3 Å². The van der Waals surface area contributed by atoms with E-state index in [1.807, 2.05) is 18.2 Å². The molecule has 3 rings (SSSR count). The summed E-state index contributed by atoms with van der Waals surface area (Å²) in [5.74, 6) is 0. The summed E-state index contributed by atoms with van der Waals surface area (Å²) in [6.45, 7) is 3.66. The lowest BCUT2D eigenvalue weighted by Gasteiger charge is -2.18. The minimum absolute atomic E-state index is 0.798. The molecule has 0 radical (unpaired) electrons. The van der Waals surface area contributed by atoms with Crippen LogP contribution in [0, 0.1) is 0 Å². The van der Waals surface area contributed by atoms with Crippen LogP contribution in [-0.4, -0.2) is 29.5 Å². The fraction of sp³-hybridized carbons (Fsp3) is 0.471. The second-order valence-corrected chi connectivity index (χ2v) is 6.70. The number of nitrogens with two attached hydrogens (primary N) is 1. The van der Waals surface area contributed by atoms with Crippen LogP contribution >= 0.6 is 11.3 Å². The highest BCUT2D eigenvalue weighted by molar-refractivity contribution is 7.09. The molecule has 0 atom stereocenters. The van der Waals surface area contributed by atoms with E-state index in [1.54, 1.807) is 11.3 Å². The molecule has 1 saturated heterocycles. The second-order valence-electron chi connectivity index (χ2n) is 5.76. The van der Waals surface area contributed by atoms with Crippen molar-refractivity contribution in [3.05, 3.63) is 34.7 Å². The van der Waals surface area contributed by atoms with Gasteiger partial charge >= 0.3 is 0 Å². The first-order valence-electron chi connectivity index (χ1n) is 7.84. The molecule has 0 bridgehead atoms. The third-order valence-corrected chi connectivity index (χ3v) is 4.98. The summed E-state index contributed by atoms with van der Waals surface area (Å²) in [7, 11) is 0. The lowest BCUT2D eigenvalue weighted by molar-refractivity contribution is 0.289. The highest BCUT2D eigenvalue weighted by Crippen LogP contribution is 2.24. The number of thiazole rings is 1. The van der Waals surface area contributed by atoms with E-state index in [-0.39, 0.29) is 0 Å². The molecule has 0 spiro atoms. The zero-order valence-corrected chi connectivity index (χ0v) is 13.2. The summed E-state index contributed by atoms with van der Waals surface area (Å²) in [4.78, 5) is 7.36. The number of aromatic nitrogens is 1. The van der Waals surface area contributed by atoms with Crippen molar-refractivity contribution in [3.63, 3.8) is 0 Å². The molecule has 1 aromatic carbocycles. The third kappa shape index (κ3) is 4.05. The molecule has 1 aromatic heterocycles. The lowest BCUT2D eigenvalue weighted by Crippen LogP contribution is -2.26. The van der Waals surface area contributed by atoms with Gasteiger partial charge in [-0.3, -0.25) is 0 Å². The first kappa shape index (κ1) is 14.5. The predicted molar refractivity (Wildman–Crippen MR) is 90.6 cm³/mol. The Morgan fingerprint density at radius 3 is 2.71 bits per heavy atom. The van der Waals surface area contributed by atoms with Crippen LogP contribution in [0.5, 0.6) is 0 Å². The van der Waals surface area contributed by atoms with Crippen LogP contribution in [0.4, 0.5) is 5.69 Å². The van der Waals surface area contributed by atoms with Crippen LogP contribution in [0.25, 0.3) is 11.3 Å². The van der Waals surface area contributed by atoms with Gasteiger partial charge in [0.1, 0.15) is 0 Å². The maximum absolute atomic E-state index is 5.84. The highest BCUT2D eigenvalue weighted by Gasteiger charge is 2.10. The Hall–Kier alpha value is -1.39. The van der Waals surface area contributed by atoms with E-state index < -0.39 is 0 Å². The first-order chi connectivity index (χ1) is 10.3. The van der Waals surface area contributed by atoms with E-state index in [4.69, 9.17) is 10.7 Å². The number of hydrogen-bond donors (Lipinski definition) is 1. The number of nitrogens with zero attached hydrogens (tertiary/aromatic N) is 2. The fourth-order valence-electron chi connectivity index (χ4n) is 2.87. The minimum Gasteiger partial charge on any atom is -0.399 e. The van der Waals surface area contributed by atoms with E-state index in [2.05, 4.69) is 16.3 Å². The molecule has 21 heavy (non-hydrogen) atoms. The summed E-state index contributed by atoms with van der Waals surface area (Å²) in [5, 5.41) is 3.38. The molecule has 0 saturated carbocycles. The molecule has 0 unspecified atom stereocenters. The van der Waals surface area contributed by atoms with E-state index >= 15 is 0 Å². The van der Waals surface area contributed by atoms with Crippen molar-refractivity contribution in [2.75, 3.05) is 25.4 Å². The second kappa shape index (κ2) is 7.05. The quantitative estimate of drug-likeness (QED) is 0.873. The van der Waals surface area contributed by atoms with Gasteiger partial charge < -0.3 is 10.6 Å². The average Bonchev–Trinajstić information content (AvgIpc) is 2.81. The van der Waals surface area contributed by atoms with Crippen LogP contribution in [-0.2, 0) is 6.42 Å². The summed E-state index contributed by atoms with van der Waals surface area (Å²) >= 11 is 1.77. The summed E-state index contributed by atoms with van der Waals surface area (Å²) in [5.41, 5.74) is 8.81. The Morgan fingerprint density at radius 2 is 1.95 bits per heavy atom. The molecule has 0 amide bonds. The maximum atomic E-state index is 5.84. The van der Waals surface area contributed by atoms with Gasteiger partial charge in [0.2, 0.25) is 0 Å². The Morgan fingerprint density at radius 1 is 1.14 bits per heavy atom. The number of benzene rings is 1. The highest BCUT2D eigenvalue weighted by atomic mass is 32.1. The number of anilines is 1. The van der Waals surface area contributed by atoms with Crippen molar-refractivity contribution in [1.29, 1.82) is 0 Å². The van der Waals surface area contributed by atoms with Gasteiger partial charge in [-0.15, -0.1) is 11.3 Å². The maximum Gasteiger partial charge on any atom is 0.0945 e. The fourth-order valence-corrected chi connectivity index (χ4v) is 3.67. The third-order valence-electron chi connectivity index (χ3n) is 4.07. The molecule has 2 aromatic rings. The molecule has 1 aliphatic rings. The molecular formula is C17H23N3S. The molecule has 1 fully saturated rings. The molecular weight excluding hydrogens is 278 g/mol. The van der Waals surface area contributed by atoms with Gasteiger partial charge in [0, 0.05) is 29.6 Å². The van der Waals surface area contributed by atoms with Gasteiger partial charge in [0.25, 0.3) is 0 Å². The molecule has 0 aliphatic carbocycles. The molecule has 2 N–H and O–H groups in total. The van der Waals surface area contributed by atoms with Crippen molar-refractivity contribution >= 4 is 17.0 Å². The van der Waals surface area contributed by atoms with Gasteiger partial charge in [-0.05, 0) is 38.1 Å². The zero-order chi connectivity index (χ0) is 14.5. The van der Waals surface area contributed by atoms with Crippen molar-refractivity contribution in [2.24, 2.45) is 0 Å². The summed E-state index contributed by atoms with van der Waals surface area (Å²) in [6, 6.07) is 7.97. The molecule has 1 aliphatic heterocycles. The molecule has 3 nitrogen and oxygen atoms in total. The van der Waals surface area contributed by atoms with Gasteiger partial charge in [0.15, 0.2) is 0 Å². The van der Waals surface area contributed by atoms with Gasteiger partial charge in [-0.1, -0.05) is 25.0 Å². The SMILES string of the molecule is Nc1cccc(-c2csc(CCN3CCCCCC3)n2)c1. The number of likely N-dealkylation sites (tertiary alicyclic amines) is 1. The topological polar surface area (TPSA) is 42.1 Å². The number of rotatable bonds is 4. The van der Waals surface area contributed by atoms with E-state index in [9.17, 15) is 0 Å². The van der Waals surface area contributed by atoms with Crippen molar-refractivity contribution in [2.45, 2.75) is 32.1 Å². The van der Waals surface area contributed by atoms with Crippen LogP contribution in [0.3, 0.4) is 0 Å². The minimum atomic E-state index is 0.798. The summed E-state index contributed by atoms with van der Waals surface area (Å²) in [6.07, 6.45) is 6.56. The molecule has 2 heterocycles. The predicted octanol–water partition coefficient (Wildman–Crippen LogP) is 3.81. The van der Waals surface area contributed by atoms with Crippen molar-refractivity contribution in [1.82, 2.24) is 9.88 Å². The Labute approximate surface area is 130 Å². The smallest absolute Gasteiger partial charge is 0.0945 e. The van der Waals surface area contributed by atoms with E-state index in [0.29, 0.717) is 0 Å². The number of hydrogen-bond acceptors (Lipinski definition) is 4. The Bertz CT molecular complexity index is 571. The monoisotopic (exact) mass is 301 g/mol. The average molecular weight is 301 g/mol. The van der Waals surface area contributed by atoms with Crippen LogP contribution in [0.2, 0.25) is 0 Å². The zero-order valence-electron chi connectivity index (χ0n) is 12.4. The van der Waals surface area contributed by atoms with E-state index in [0.717, 1.165) is 29.9 Å². The van der Waals surface area contributed by atoms with Crippen LogP contribution in [0.15, 0.2) is 29.6 Å². The summed E-state index contributed by atoms with van der Waals surface area (Å²) < 4.78 is 0. The number of nitrogen functional groups attached to an aromatic ring is 1. The van der Waals surface area contributed by atoms with E-state index in [1.165, 1.54) is 43.8 Å². The molecule has 4 heteroatoms. The first-order valence-corrected chi connectivity index (χ1v) is 8.72. The van der Waals surface area contributed by atoms with Gasteiger partial charge in [-0.25, -0.2) is 4.98 Å². The lowest BCUT2D eigenvalue weighted by atomic mass is 10.1. The van der Waals surface area contributed by atoms with Crippen molar-refractivity contribution < 1.29 is 0 Å². The van der Waals surface area contributed by atoms with Crippen LogP contribution in [0.1, 0.15) is 30.7 Å². The Kier molecular flexibility index (Phi) is 4.88. The van der Waals surface area contributed by atoms with Crippen LogP contribution < -0.4 is 5.73 Å². The van der Waals surface area contributed by atoms with Gasteiger partial charge in [0.05, 0.1) is 10.7 Å². The normalized spacial score (nSPS) is 16.8. The van der Waals surface area contributed by atoms with Gasteiger partial charge in [-0.2, -0.15) is 0 Å². The largest absolute Gasteiger partial charge is 0.399 e. The Balaban J connectivity index is 1.60. The molecule has 112 valence electrons.